The summed E-state index contributed by atoms with van der Waals surface area (Å²) in [5.74, 6) is -0.383. The third kappa shape index (κ3) is 2.92. The van der Waals surface area contributed by atoms with E-state index in [0.717, 1.165) is 36.1 Å². The molecule has 2 aromatic heterocycles. The first-order valence-corrected chi connectivity index (χ1v) is 9.06. The number of carbonyl (C=O) groups is 1. The van der Waals surface area contributed by atoms with Gasteiger partial charge in [0.25, 0.3) is 5.56 Å². The number of rotatable bonds is 4. The molecule has 2 atom stereocenters. The van der Waals surface area contributed by atoms with Crippen LogP contribution in [-0.2, 0) is 22.4 Å². The van der Waals surface area contributed by atoms with Gasteiger partial charge in [0, 0.05) is 4.88 Å². The molecule has 0 amide bonds. The molecule has 0 saturated carbocycles. The van der Waals surface area contributed by atoms with Crippen molar-refractivity contribution in [3.05, 3.63) is 27.1 Å². The molecule has 2 heterocycles. The predicted octanol–water partition coefficient (Wildman–Crippen LogP) is 3.24. The molecule has 1 aliphatic carbocycles. The van der Waals surface area contributed by atoms with Gasteiger partial charge in [0.05, 0.1) is 17.8 Å². The van der Waals surface area contributed by atoms with E-state index in [1.54, 1.807) is 18.3 Å². The highest BCUT2D eigenvalue weighted by molar-refractivity contribution is 7.18. The van der Waals surface area contributed by atoms with E-state index in [2.05, 4.69) is 4.98 Å². The first kappa shape index (κ1) is 16.2. The zero-order valence-corrected chi connectivity index (χ0v) is 14.6. The van der Waals surface area contributed by atoms with Crippen LogP contribution in [0.5, 0.6) is 0 Å². The highest BCUT2D eigenvalue weighted by Gasteiger charge is 2.24. The number of aryl methyl sites for hydroxylation is 2. The summed E-state index contributed by atoms with van der Waals surface area (Å²) in [5, 5.41) is 0.704. The Balaban J connectivity index is 2.00. The van der Waals surface area contributed by atoms with Gasteiger partial charge in [-0.05, 0) is 51.5 Å². The Hall–Kier alpha value is -1.69. The van der Waals surface area contributed by atoms with E-state index in [0.29, 0.717) is 5.39 Å². The van der Waals surface area contributed by atoms with E-state index in [9.17, 15) is 9.59 Å². The average molecular weight is 334 g/mol. The van der Waals surface area contributed by atoms with Crippen LogP contribution in [-0.4, -0.2) is 21.6 Å². The number of carbonyl (C=O) groups excluding carboxylic acids is 1. The maximum atomic E-state index is 12.9. The molecule has 124 valence electrons. The van der Waals surface area contributed by atoms with Crippen molar-refractivity contribution in [2.75, 3.05) is 0 Å². The third-order valence-corrected chi connectivity index (χ3v) is 5.75. The Morgan fingerprint density at radius 3 is 2.87 bits per heavy atom. The van der Waals surface area contributed by atoms with Crippen LogP contribution in [0.3, 0.4) is 0 Å². The first-order valence-electron chi connectivity index (χ1n) is 8.24. The second-order valence-electron chi connectivity index (χ2n) is 6.18. The molecule has 0 unspecified atom stereocenters. The van der Waals surface area contributed by atoms with Crippen LogP contribution < -0.4 is 5.56 Å². The lowest BCUT2D eigenvalue weighted by Gasteiger charge is -2.17. The quantitative estimate of drug-likeness (QED) is 0.805. The van der Waals surface area contributed by atoms with Crippen LogP contribution in [0.4, 0.5) is 0 Å². The van der Waals surface area contributed by atoms with Gasteiger partial charge in [-0.3, -0.25) is 9.36 Å². The smallest absolute Gasteiger partial charge is 0.329 e. The summed E-state index contributed by atoms with van der Waals surface area (Å²) in [4.78, 5) is 31.6. The molecular formula is C17H22N2O3S. The second kappa shape index (κ2) is 6.43. The topological polar surface area (TPSA) is 61.2 Å². The van der Waals surface area contributed by atoms with Crippen molar-refractivity contribution in [3.63, 3.8) is 0 Å². The maximum absolute atomic E-state index is 12.9. The molecule has 23 heavy (non-hydrogen) atoms. The number of fused-ring (bicyclic) bond motifs is 3. The molecule has 0 fully saturated rings. The van der Waals surface area contributed by atoms with Gasteiger partial charge in [0.1, 0.15) is 10.9 Å². The molecule has 0 saturated heterocycles. The van der Waals surface area contributed by atoms with Crippen molar-refractivity contribution in [1.29, 1.82) is 0 Å². The van der Waals surface area contributed by atoms with Gasteiger partial charge in [0.15, 0.2) is 0 Å². The molecule has 0 aliphatic heterocycles. The summed E-state index contributed by atoms with van der Waals surface area (Å²) in [7, 11) is 0. The number of esters is 1. The maximum Gasteiger partial charge on any atom is 0.329 e. The Morgan fingerprint density at radius 1 is 1.39 bits per heavy atom. The van der Waals surface area contributed by atoms with Crippen molar-refractivity contribution in [3.8, 4) is 0 Å². The summed E-state index contributed by atoms with van der Waals surface area (Å²) in [6.07, 6.45) is 6.33. The van der Waals surface area contributed by atoms with Crippen molar-refractivity contribution in [1.82, 2.24) is 9.55 Å². The molecule has 1 aliphatic rings. The van der Waals surface area contributed by atoms with Crippen molar-refractivity contribution < 1.29 is 9.53 Å². The van der Waals surface area contributed by atoms with Crippen molar-refractivity contribution in [2.24, 2.45) is 0 Å². The van der Waals surface area contributed by atoms with Gasteiger partial charge in [0.2, 0.25) is 0 Å². The molecule has 3 rings (SSSR count). The van der Waals surface area contributed by atoms with Gasteiger partial charge in [-0.2, -0.15) is 0 Å². The number of ether oxygens (including phenoxy) is 1. The highest BCUT2D eigenvalue weighted by atomic mass is 32.1. The van der Waals surface area contributed by atoms with Crippen LogP contribution in [0.25, 0.3) is 10.2 Å². The van der Waals surface area contributed by atoms with E-state index >= 15 is 0 Å². The fourth-order valence-corrected chi connectivity index (χ4v) is 4.15. The molecule has 0 N–H and O–H groups in total. The minimum absolute atomic E-state index is 0.122. The van der Waals surface area contributed by atoms with E-state index < -0.39 is 6.04 Å². The van der Waals surface area contributed by atoms with Crippen LogP contribution in [0, 0.1) is 0 Å². The number of thiophene rings is 1. The summed E-state index contributed by atoms with van der Waals surface area (Å²) >= 11 is 1.62. The zero-order chi connectivity index (χ0) is 16.6. The molecule has 0 aromatic carbocycles. The SMILES string of the molecule is CC[C@@H](C)OC(=O)[C@H](C)n1cnc2sc3c(c2c1=O)CCCC3. The van der Waals surface area contributed by atoms with Crippen LogP contribution in [0.1, 0.15) is 56.5 Å². The monoisotopic (exact) mass is 334 g/mol. The lowest BCUT2D eigenvalue weighted by molar-refractivity contribution is -0.152. The Labute approximate surface area is 139 Å². The Kier molecular flexibility index (Phi) is 4.53. The molecule has 0 bridgehead atoms. The number of hydrogen-bond acceptors (Lipinski definition) is 5. The lowest BCUT2D eigenvalue weighted by Crippen LogP contribution is -2.31. The molecule has 0 spiro atoms. The van der Waals surface area contributed by atoms with E-state index in [-0.39, 0.29) is 17.6 Å². The van der Waals surface area contributed by atoms with Gasteiger partial charge >= 0.3 is 5.97 Å². The summed E-state index contributed by atoms with van der Waals surface area (Å²) in [6, 6.07) is -0.660. The van der Waals surface area contributed by atoms with Crippen molar-refractivity contribution in [2.45, 2.75) is 65.0 Å². The van der Waals surface area contributed by atoms with E-state index in [1.807, 2.05) is 13.8 Å². The molecular weight excluding hydrogens is 312 g/mol. The van der Waals surface area contributed by atoms with Crippen molar-refractivity contribution >= 4 is 27.5 Å². The fraction of sp³-hybridized carbons (Fsp3) is 0.588. The fourth-order valence-electron chi connectivity index (χ4n) is 2.93. The normalized spacial score (nSPS) is 16.8. The van der Waals surface area contributed by atoms with Crippen LogP contribution in [0.2, 0.25) is 0 Å². The lowest BCUT2D eigenvalue weighted by atomic mass is 9.97. The minimum Gasteiger partial charge on any atom is -0.461 e. The Bertz CT molecular complexity index is 793. The van der Waals surface area contributed by atoms with Gasteiger partial charge in [-0.1, -0.05) is 6.92 Å². The third-order valence-electron chi connectivity index (χ3n) is 4.55. The largest absolute Gasteiger partial charge is 0.461 e. The second-order valence-corrected chi connectivity index (χ2v) is 7.26. The number of nitrogens with zero attached hydrogens (tertiary/aromatic N) is 2. The van der Waals surface area contributed by atoms with Crippen LogP contribution in [0.15, 0.2) is 11.1 Å². The number of aromatic nitrogens is 2. The predicted molar refractivity (Wildman–Crippen MR) is 91.1 cm³/mol. The molecule has 6 heteroatoms. The molecule has 0 radical (unpaired) electrons. The molecule has 2 aromatic rings. The van der Waals surface area contributed by atoms with E-state index in [1.165, 1.54) is 22.2 Å². The first-order chi connectivity index (χ1) is 11.0. The van der Waals surface area contributed by atoms with Gasteiger partial charge < -0.3 is 4.74 Å². The standard InChI is InChI=1S/C17H22N2O3S/c1-4-10(2)22-17(21)11(3)19-9-18-15-14(16(19)20)12-7-5-6-8-13(12)23-15/h9-11H,4-8H2,1-3H3/t10-,11+/m1/s1. The Morgan fingerprint density at radius 2 is 2.13 bits per heavy atom. The average Bonchev–Trinajstić information content (AvgIpc) is 2.93. The van der Waals surface area contributed by atoms with Gasteiger partial charge in [-0.15, -0.1) is 11.3 Å². The zero-order valence-electron chi connectivity index (χ0n) is 13.8. The summed E-state index contributed by atoms with van der Waals surface area (Å²) < 4.78 is 6.76. The summed E-state index contributed by atoms with van der Waals surface area (Å²) in [6.45, 7) is 5.50. The summed E-state index contributed by atoms with van der Waals surface area (Å²) in [5.41, 5.74) is 1.02. The van der Waals surface area contributed by atoms with Gasteiger partial charge in [-0.25, -0.2) is 9.78 Å². The van der Waals surface area contributed by atoms with E-state index in [4.69, 9.17) is 4.74 Å². The highest BCUT2D eigenvalue weighted by Crippen LogP contribution is 2.33. The number of hydrogen-bond donors (Lipinski definition) is 0. The van der Waals surface area contributed by atoms with Crippen LogP contribution >= 0.6 is 11.3 Å². The molecule has 5 nitrogen and oxygen atoms in total. The minimum atomic E-state index is -0.660.